The van der Waals surface area contributed by atoms with E-state index in [1.54, 1.807) is 6.07 Å². The largest absolute Gasteiger partial charge is 0.464 e. The van der Waals surface area contributed by atoms with E-state index in [1.807, 2.05) is 0 Å². The van der Waals surface area contributed by atoms with Gasteiger partial charge < -0.3 is 4.74 Å². The first-order chi connectivity index (χ1) is 9.26. The van der Waals surface area contributed by atoms with E-state index in [1.165, 1.54) is 20.2 Å². The average molecular weight is 400 g/mol. The van der Waals surface area contributed by atoms with Gasteiger partial charge >= 0.3 is 16.2 Å². The number of allylic oxidation sites excluding steroid dienone is 1. The Morgan fingerprint density at radius 1 is 1.55 bits per heavy atom. The highest BCUT2D eigenvalue weighted by atomic mass is 79.9. The average Bonchev–Trinajstić information content (AvgIpc) is 2.72. The molecule has 1 aromatic rings. The molecule has 0 radical (unpaired) electrons. The molecule has 0 atom stereocenters. The van der Waals surface area contributed by atoms with Crippen molar-refractivity contribution in [2.45, 2.75) is 0 Å². The van der Waals surface area contributed by atoms with Gasteiger partial charge in [0.05, 0.1) is 17.7 Å². The Hall–Kier alpha value is -0.900. The first-order valence-electron chi connectivity index (χ1n) is 5.10. The Bertz CT molecular complexity index is 719. The van der Waals surface area contributed by atoms with Crippen LogP contribution in [0.15, 0.2) is 26.7 Å². The molecule has 1 aliphatic rings. The van der Waals surface area contributed by atoms with Crippen molar-refractivity contribution in [3.05, 3.63) is 31.5 Å². The molecular weight excluding hydrogens is 392 g/mol. The second-order valence-electron chi connectivity index (χ2n) is 3.68. The van der Waals surface area contributed by atoms with Gasteiger partial charge in [-0.2, -0.15) is 8.42 Å². The van der Waals surface area contributed by atoms with Crippen LogP contribution in [0, 0.1) is 0 Å². The van der Waals surface area contributed by atoms with Crippen LogP contribution in [-0.2, 0) is 19.7 Å². The lowest BCUT2D eigenvalue weighted by Crippen LogP contribution is -2.33. The molecule has 0 unspecified atom stereocenters. The molecule has 2 heterocycles. The molecule has 0 spiro atoms. The monoisotopic (exact) mass is 398 g/mol. The molecule has 108 valence electrons. The number of esters is 1. The summed E-state index contributed by atoms with van der Waals surface area (Å²) in [6.07, 6.45) is 1.35. The first-order valence-corrected chi connectivity index (χ1v) is 8.48. The first kappa shape index (κ1) is 15.5. The molecule has 1 aliphatic heterocycles. The predicted octanol–water partition coefficient (Wildman–Crippen LogP) is 2.20. The predicted molar refractivity (Wildman–Crippen MR) is 80.3 cm³/mol. The number of thiophene rings is 1. The van der Waals surface area contributed by atoms with Crippen molar-refractivity contribution in [3.63, 3.8) is 0 Å². The van der Waals surface area contributed by atoms with E-state index in [2.05, 4.69) is 25.1 Å². The molecule has 0 aliphatic carbocycles. The van der Waals surface area contributed by atoms with Crippen LogP contribution in [0.2, 0.25) is 4.34 Å². The van der Waals surface area contributed by atoms with Crippen molar-refractivity contribution in [2.24, 2.45) is 4.40 Å². The quantitative estimate of drug-likeness (QED) is 0.714. The molecule has 6 nitrogen and oxygen atoms in total. The van der Waals surface area contributed by atoms with E-state index < -0.39 is 16.2 Å². The SMILES string of the molecule is COC(=O)C1=CC(c2cc(Br)c(Cl)s2)=NS(=O)(=O)N1C. The summed E-state index contributed by atoms with van der Waals surface area (Å²) in [6, 6.07) is 1.64. The minimum Gasteiger partial charge on any atom is -0.464 e. The van der Waals surface area contributed by atoms with Crippen molar-refractivity contribution in [1.29, 1.82) is 0 Å². The van der Waals surface area contributed by atoms with Crippen LogP contribution < -0.4 is 0 Å². The van der Waals surface area contributed by atoms with Crippen molar-refractivity contribution in [1.82, 2.24) is 4.31 Å². The smallest absolute Gasteiger partial charge is 0.355 e. The van der Waals surface area contributed by atoms with E-state index >= 15 is 0 Å². The summed E-state index contributed by atoms with van der Waals surface area (Å²) in [4.78, 5) is 12.2. The van der Waals surface area contributed by atoms with E-state index in [-0.39, 0.29) is 11.4 Å². The van der Waals surface area contributed by atoms with E-state index in [4.69, 9.17) is 11.6 Å². The maximum absolute atomic E-state index is 11.9. The van der Waals surface area contributed by atoms with Gasteiger partial charge in [-0.1, -0.05) is 11.6 Å². The van der Waals surface area contributed by atoms with Crippen LogP contribution in [0.25, 0.3) is 0 Å². The molecule has 0 aromatic carbocycles. The van der Waals surface area contributed by atoms with E-state index in [0.29, 0.717) is 13.7 Å². The summed E-state index contributed by atoms with van der Waals surface area (Å²) in [5.41, 5.74) is 0.0271. The Balaban J connectivity index is 2.58. The highest BCUT2D eigenvalue weighted by Gasteiger charge is 2.31. The number of carbonyl (C=O) groups excluding carboxylic acids is 1. The van der Waals surface area contributed by atoms with Gasteiger partial charge in [0.15, 0.2) is 0 Å². The van der Waals surface area contributed by atoms with Gasteiger partial charge in [0.1, 0.15) is 10.0 Å². The van der Waals surface area contributed by atoms with Crippen molar-refractivity contribution in [2.75, 3.05) is 14.2 Å². The number of likely N-dealkylation sites (N-methyl/N-ethyl adjacent to an activating group) is 1. The maximum Gasteiger partial charge on any atom is 0.355 e. The van der Waals surface area contributed by atoms with Crippen LogP contribution >= 0.6 is 38.9 Å². The molecule has 1 aromatic heterocycles. The van der Waals surface area contributed by atoms with Gasteiger partial charge in [0.25, 0.3) is 0 Å². The molecular formula is C10H8BrClN2O4S2. The van der Waals surface area contributed by atoms with Crippen molar-refractivity contribution in [3.8, 4) is 0 Å². The number of ether oxygens (including phenoxy) is 1. The summed E-state index contributed by atoms with van der Waals surface area (Å²) in [7, 11) is -1.56. The van der Waals surface area contributed by atoms with E-state index in [9.17, 15) is 13.2 Å². The fraction of sp³-hybridized carbons (Fsp3) is 0.200. The summed E-state index contributed by atoms with van der Waals surface area (Å²) in [5.74, 6) is -0.759. The standard InChI is InChI=1S/C10H8BrClN2O4S2/c1-14-7(10(15)18-2)4-6(13-20(14,16)17)8-3-5(11)9(12)19-8/h3-4H,1-2H3. The van der Waals surface area contributed by atoms with Gasteiger partial charge in [-0.25, -0.2) is 9.10 Å². The Morgan fingerprint density at radius 2 is 2.20 bits per heavy atom. The lowest BCUT2D eigenvalue weighted by atomic mass is 10.2. The number of hydrogen-bond acceptors (Lipinski definition) is 5. The topological polar surface area (TPSA) is 76.0 Å². The molecule has 0 bridgehead atoms. The fourth-order valence-electron chi connectivity index (χ4n) is 1.44. The van der Waals surface area contributed by atoms with Gasteiger partial charge in [0, 0.05) is 11.5 Å². The van der Waals surface area contributed by atoms with Crippen molar-refractivity contribution < 1.29 is 17.9 Å². The zero-order valence-electron chi connectivity index (χ0n) is 10.3. The van der Waals surface area contributed by atoms with E-state index in [0.717, 1.165) is 15.6 Å². The number of hydrogen-bond donors (Lipinski definition) is 0. The number of halogens is 2. The molecule has 0 saturated heterocycles. The third kappa shape index (κ3) is 2.76. The zero-order chi connectivity index (χ0) is 15.1. The van der Waals surface area contributed by atoms with Crippen LogP contribution in [0.5, 0.6) is 0 Å². The molecule has 0 N–H and O–H groups in total. The summed E-state index contributed by atoms with van der Waals surface area (Å²) in [6.45, 7) is 0. The molecule has 2 rings (SSSR count). The van der Waals surface area contributed by atoms with Crippen LogP contribution in [0.1, 0.15) is 4.88 Å². The maximum atomic E-state index is 11.9. The molecule has 0 fully saturated rings. The van der Waals surface area contributed by atoms with Gasteiger partial charge in [-0.15, -0.1) is 15.7 Å². The Labute approximate surface area is 133 Å². The number of nitrogens with zero attached hydrogens (tertiary/aromatic N) is 2. The van der Waals surface area contributed by atoms with Gasteiger partial charge in [0.2, 0.25) is 0 Å². The summed E-state index contributed by atoms with van der Waals surface area (Å²) in [5, 5.41) is 0. The number of carbonyl (C=O) groups is 1. The number of rotatable bonds is 2. The van der Waals surface area contributed by atoms with Crippen LogP contribution in [-0.4, -0.2) is 38.6 Å². The Morgan fingerprint density at radius 3 is 2.70 bits per heavy atom. The minimum absolute atomic E-state index is 0.113. The Kier molecular flexibility index (Phi) is 4.24. The summed E-state index contributed by atoms with van der Waals surface area (Å²) >= 11 is 10.3. The fourth-order valence-corrected chi connectivity index (χ4v) is 4.06. The lowest BCUT2D eigenvalue weighted by Gasteiger charge is -2.21. The molecule has 20 heavy (non-hydrogen) atoms. The third-order valence-corrected chi connectivity index (χ3v) is 6.28. The van der Waals surface area contributed by atoms with Crippen LogP contribution in [0.4, 0.5) is 0 Å². The van der Waals surface area contributed by atoms with Gasteiger partial charge in [-0.05, 0) is 28.1 Å². The second kappa shape index (κ2) is 5.47. The normalized spacial score (nSPS) is 17.5. The van der Waals surface area contributed by atoms with Gasteiger partial charge in [-0.3, -0.25) is 0 Å². The van der Waals surface area contributed by atoms with Crippen molar-refractivity contribution >= 4 is 60.8 Å². The third-order valence-electron chi connectivity index (χ3n) is 2.46. The lowest BCUT2D eigenvalue weighted by molar-refractivity contribution is -0.137. The highest BCUT2D eigenvalue weighted by molar-refractivity contribution is 9.10. The highest BCUT2D eigenvalue weighted by Crippen LogP contribution is 2.34. The minimum atomic E-state index is -3.97. The molecule has 0 amide bonds. The molecule has 0 saturated carbocycles. The zero-order valence-corrected chi connectivity index (χ0v) is 14.2. The second-order valence-corrected chi connectivity index (χ2v) is 7.81. The summed E-state index contributed by atoms with van der Waals surface area (Å²) < 4.78 is 34.0. The molecule has 10 heteroatoms. The van der Waals surface area contributed by atoms with Crippen LogP contribution in [0.3, 0.4) is 0 Å². The number of methoxy groups -OCH3 is 1.